The van der Waals surface area contributed by atoms with Gasteiger partial charge in [0.05, 0.1) is 6.54 Å². The highest BCUT2D eigenvalue weighted by Crippen LogP contribution is 2.20. The van der Waals surface area contributed by atoms with E-state index in [1.54, 1.807) is 11.8 Å². The first-order chi connectivity index (χ1) is 9.78. The van der Waals surface area contributed by atoms with Gasteiger partial charge in [-0.1, -0.05) is 18.7 Å². The molecule has 20 heavy (non-hydrogen) atoms. The van der Waals surface area contributed by atoms with Crippen LogP contribution in [0.25, 0.3) is 0 Å². The molecule has 0 radical (unpaired) electrons. The quantitative estimate of drug-likeness (QED) is 0.771. The van der Waals surface area contributed by atoms with Gasteiger partial charge < -0.3 is 5.32 Å². The minimum absolute atomic E-state index is 0.00454. The highest BCUT2D eigenvalue weighted by atomic mass is 32.2. The average Bonchev–Trinajstić information content (AvgIpc) is 2.70. The van der Waals surface area contributed by atoms with Crippen LogP contribution in [-0.2, 0) is 4.79 Å². The first kappa shape index (κ1) is 15.7. The van der Waals surface area contributed by atoms with E-state index < -0.39 is 0 Å². The Morgan fingerprint density at radius 3 is 3.25 bits per heavy atom. The number of rotatable bonds is 6. The number of nitrogens with one attached hydrogen (secondary N) is 2. The zero-order valence-corrected chi connectivity index (χ0v) is 13.4. The number of hydrogen-bond donors (Lipinski definition) is 2. The summed E-state index contributed by atoms with van der Waals surface area (Å²) in [5.74, 6) is 1.00. The van der Waals surface area contributed by atoms with Crippen molar-refractivity contribution in [1.82, 2.24) is 19.6 Å². The molecule has 2 rings (SSSR count). The monoisotopic (exact) mass is 315 g/mol. The lowest BCUT2D eigenvalue weighted by molar-refractivity contribution is -0.117. The molecule has 0 atom stereocenters. The molecular formula is C12H21N5OS2. The van der Waals surface area contributed by atoms with E-state index in [1.165, 1.54) is 11.5 Å². The molecule has 2 N–H and O–H groups in total. The van der Waals surface area contributed by atoms with Crippen LogP contribution in [0.5, 0.6) is 0 Å². The van der Waals surface area contributed by atoms with Crippen LogP contribution in [-0.4, -0.2) is 58.6 Å². The van der Waals surface area contributed by atoms with Gasteiger partial charge in [-0.25, -0.2) is 0 Å². The molecule has 1 fully saturated rings. The topological polar surface area (TPSA) is 70.2 Å². The van der Waals surface area contributed by atoms with Gasteiger partial charge in [0.1, 0.15) is 0 Å². The fourth-order valence-electron chi connectivity index (χ4n) is 1.93. The number of amides is 1. The Hall–Kier alpha value is -0.700. The van der Waals surface area contributed by atoms with E-state index in [-0.39, 0.29) is 5.91 Å². The Bertz CT molecular complexity index is 418. The second-order valence-corrected chi connectivity index (χ2v) is 6.47. The number of anilines is 1. The van der Waals surface area contributed by atoms with E-state index in [1.807, 2.05) is 0 Å². The summed E-state index contributed by atoms with van der Waals surface area (Å²) in [5.41, 5.74) is 0. The summed E-state index contributed by atoms with van der Waals surface area (Å²) in [6, 6.07) is 0. The molecule has 0 saturated carbocycles. The zero-order chi connectivity index (χ0) is 14.2. The highest BCUT2D eigenvalue weighted by Gasteiger charge is 2.14. The van der Waals surface area contributed by atoms with Crippen molar-refractivity contribution in [2.24, 2.45) is 0 Å². The maximum Gasteiger partial charge on any atom is 0.240 e. The number of nitrogens with zero attached hydrogens (tertiary/aromatic N) is 3. The predicted molar refractivity (Wildman–Crippen MR) is 83.5 cm³/mol. The molecule has 1 aromatic heterocycles. The van der Waals surface area contributed by atoms with Crippen molar-refractivity contribution in [1.29, 1.82) is 0 Å². The number of aromatic nitrogens is 2. The molecule has 6 nitrogen and oxygen atoms in total. The lowest BCUT2D eigenvalue weighted by Crippen LogP contribution is -2.35. The third-order valence-electron chi connectivity index (χ3n) is 2.89. The van der Waals surface area contributed by atoms with Crippen molar-refractivity contribution in [3.05, 3.63) is 0 Å². The van der Waals surface area contributed by atoms with E-state index in [9.17, 15) is 4.79 Å². The summed E-state index contributed by atoms with van der Waals surface area (Å²) in [6.07, 6.45) is 2.18. The van der Waals surface area contributed by atoms with Crippen molar-refractivity contribution in [2.45, 2.75) is 24.9 Å². The van der Waals surface area contributed by atoms with E-state index in [0.717, 1.165) is 49.9 Å². The summed E-state index contributed by atoms with van der Waals surface area (Å²) < 4.78 is 4.22. The molecule has 0 unspecified atom stereocenters. The van der Waals surface area contributed by atoms with Crippen molar-refractivity contribution in [2.75, 3.05) is 43.8 Å². The molecule has 2 heterocycles. The van der Waals surface area contributed by atoms with E-state index in [4.69, 9.17) is 0 Å². The van der Waals surface area contributed by atoms with Crippen LogP contribution in [0.2, 0.25) is 0 Å². The SMILES string of the molecule is CCCSc1nsc(NC(=O)CN2CCCNCC2)n1. The summed E-state index contributed by atoms with van der Waals surface area (Å²) in [5, 5.41) is 7.52. The first-order valence-electron chi connectivity index (χ1n) is 6.97. The second kappa shape index (κ2) is 8.56. The highest BCUT2D eigenvalue weighted by molar-refractivity contribution is 7.99. The molecule has 1 aliphatic rings. The maximum atomic E-state index is 12.0. The fraction of sp³-hybridized carbons (Fsp3) is 0.750. The number of hydrogen-bond acceptors (Lipinski definition) is 7. The molecule has 112 valence electrons. The minimum atomic E-state index is -0.00454. The Kier molecular flexibility index (Phi) is 6.71. The zero-order valence-electron chi connectivity index (χ0n) is 11.7. The maximum absolute atomic E-state index is 12.0. The van der Waals surface area contributed by atoms with E-state index in [0.29, 0.717) is 11.7 Å². The van der Waals surface area contributed by atoms with Gasteiger partial charge in [0.2, 0.25) is 16.2 Å². The summed E-state index contributed by atoms with van der Waals surface area (Å²) in [7, 11) is 0. The molecule has 1 amide bonds. The van der Waals surface area contributed by atoms with Crippen molar-refractivity contribution >= 4 is 34.3 Å². The lowest BCUT2D eigenvalue weighted by atomic mass is 10.4. The third kappa shape index (κ3) is 5.35. The van der Waals surface area contributed by atoms with Gasteiger partial charge in [-0.2, -0.15) is 9.36 Å². The average molecular weight is 315 g/mol. The summed E-state index contributed by atoms with van der Waals surface area (Å²) in [6.45, 7) is 6.42. The van der Waals surface area contributed by atoms with Crippen LogP contribution in [0.3, 0.4) is 0 Å². The van der Waals surface area contributed by atoms with Crippen LogP contribution in [0, 0.1) is 0 Å². The van der Waals surface area contributed by atoms with Gasteiger partial charge in [0.25, 0.3) is 0 Å². The molecule has 0 aliphatic carbocycles. The Morgan fingerprint density at radius 1 is 1.50 bits per heavy atom. The standard InChI is InChI=1S/C12H21N5OS2/c1-2-8-19-12-15-11(20-16-12)14-10(18)9-17-6-3-4-13-5-7-17/h13H,2-9H2,1H3,(H,14,15,16,18). The predicted octanol–water partition coefficient (Wildman–Crippen LogP) is 1.27. The second-order valence-electron chi connectivity index (χ2n) is 4.66. The minimum Gasteiger partial charge on any atom is -0.315 e. The molecule has 0 bridgehead atoms. The Labute approximate surface area is 127 Å². The van der Waals surface area contributed by atoms with Gasteiger partial charge in [-0.05, 0) is 25.9 Å². The van der Waals surface area contributed by atoms with Crippen LogP contribution < -0.4 is 10.6 Å². The number of carbonyl (C=O) groups excluding carboxylic acids is 1. The Morgan fingerprint density at radius 2 is 2.40 bits per heavy atom. The van der Waals surface area contributed by atoms with E-state index in [2.05, 4.69) is 31.8 Å². The van der Waals surface area contributed by atoms with Crippen LogP contribution in [0.15, 0.2) is 5.16 Å². The van der Waals surface area contributed by atoms with Crippen molar-refractivity contribution in [3.63, 3.8) is 0 Å². The molecule has 8 heteroatoms. The van der Waals surface area contributed by atoms with Gasteiger partial charge in [0.15, 0.2) is 0 Å². The van der Waals surface area contributed by atoms with Gasteiger partial charge in [0, 0.05) is 30.4 Å². The number of thioether (sulfide) groups is 1. The smallest absolute Gasteiger partial charge is 0.240 e. The van der Waals surface area contributed by atoms with Crippen molar-refractivity contribution < 1.29 is 4.79 Å². The normalized spacial score (nSPS) is 16.9. The van der Waals surface area contributed by atoms with Gasteiger partial charge in [-0.3, -0.25) is 15.0 Å². The molecule has 0 aromatic carbocycles. The third-order valence-corrected chi connectivity index (χ3v) is 4.69. The Balaban J connectivity index is 1.76. The molecule has 1 saturated heterocycles. The number of carbonyl (C=O) groups is 1. The largest absolute Gasteiger partial charge is 0.315 e. The molecule has 1 aliphatic heterocycles. The van der Waals surface area contributed by atoms with Crippen molar-refractivity contribution in [3.8, 4) is 0 Å². The first-order valence-corrected chi connectivity index (χ1v) is 8.73. The van der Waals surface area contributed by atoms with E-state index >= 15 is 0 Å². The summed E-state index contributed by atoms with van der Waals surface area (Å²) in [4.78, 5) is 18.5. The molecule has 0 spiro atoms. The molecule has 1 aromatic rings. The van der Waals surface area contributed by atoms with Gasteiger partial charge in [-0.15, -0.1) is 0 Å². The van der Waals surface area contributed by atoms with Gasteiger partial charge >= 0.3 is 0 Å². The molecular weight excluding hydrogens is 294 g/mol. The lowest BCUT2D eigenvalue weighted by Gasteiger charge is -2.17. The summed E-state index contributed by atoms with van der Waals surface area (Å²) >= 11 is 2.87. The van der Waals surface area contributed by atoms with Crippen LogP contribution in [0.4, 0.5) is 5.13 Å². The van der Waals surface area contributed by atoms with Crippen LogP contribution >= 0.6 is 23.3 Å². The fourth-order valence-corrected chi connectivity index (χ4v) is 3.35. The van der Waals surface area contributed by atoms with Crippen LogP contribution in [0.1, 0.15) is 19.8 Å².